The second-order valence-corrected chi connectivity index (χ2v) is 5.51. The molecule has 0 aliphatic carbocycles. The summed E-state index contributed by atoms with van der Waals surface area (Å²) in [5.74, 6) is -1.46. The maximum Gasteiger partial charge on any atom is 0.313 e. The lowest BCUT2D eigenvalue weighted by atomic mass is 10.2. The van der Waals surface area contributed by atoms with Gasteiger partial charge in [-0.25, -0.2) is 9.37 Å². The van der Waals surface area contributed by atoms with Gasteiger partial charge in [0.1, 0.15) is 5.52 Å². The summed E-state index contributed by atoms with van der Waals surface area (Å²) in [5, 5.41) is 9.34. The van der Waals surface area contributed by atoms with Crippen LogP contribution in [-0.4, -0.2) is 40.1 Å². The van der Waals surface area contributed by atoms with Gasteiger partial charge in [-0.05, 0) is 18.6 Å². The lowest BCUT2D eigenvalue weighted by Gasteiger charge is -2.19. The molecule has 0 aliphatic rings. The van der Waals surface area contributed by atoms with E-state index in [1.807, 2.05) is 11.5 Å². The van der Waals surface area contributed by atoms with E-state index < -0.39 is 11.8 Å². The smallest absolute Gasteiger partial charge is 0.313 e. The minimum absolute atomic E-state index is 0.0157. The number of carbonyl (C=O) groups is 1. The highest BCUT2D eigenvalue weighted by Gasteiger charge is 2.20. The molecule has 2 aromatic rings. The number of methoxy groups -OCH3 is 1. The largest absolute Gasteiger partial charge is 0.481 e. The summed E-state index contributed by atoms with van der Waals surface area (Å²) in [4.78, 5) is 15.0. The molecule has 0 bridgehead atoms. The number of benzene rings is 1. The molecular formula is C14H17FN2O3S. The quantitative estimate of drug-likeness (QED) is 0.796. The number of hydrogen-bond acceptors (Lipinski definition) is 4. The topological polar surface area (TPSA) is 64.3 Å². The molecule has 1 N–H and O–H groups in total. The summed E-state index contributed by atoms with van der Waals surface area (Å²) in [6.07, 6.45) is 0.774. The Balaban J connectivity index is 2.53. The third-order valence-corrected chi connectivity index (χ3v) is 4.10. The van der Waals surface area contributed by atoms with Crippen LogP contribution >= 0.6 is 11.8 Å². The predicted molar refractivity (Wildman–Crippen MR) is 79.3 cm³/mol. The van der Waals surface area contributed by atoms with Crippen LogP contribution in [-0.2, 0) is 9.53 Å². The van der Waals surface area contributed by atoms with Gasteiger partial charge in [0, 0.05) is 7.11 Å². The number of hydrogen-bond donors (Lipinski definition) is 1. The standard InChI is InChI=1S/C14H17FN2O3S/c1-3-9(7-20-2)17-11-6-4-5-10(15)13(11)16-14(17)21-8-12(18)19/h4-6,9H,3,7-8H2,1-2H3,(H,18,19). The number of halogens is 1. The van der Waals surface area contributed by atoms with Gasteiger partial charge in [0.25, 0.3) is 0 Å². The molecule has 1 heterocycles. The lowest BCUT2D eigenvalue weighted by molar-refractivity contribution is -0.133. The van der Waals surface area contributed by atoms with E-state index in [0.29, 0.717) is 17.3 Å². The number of ether oxygens (including phenoxy) is 1. The van der Waals surface area contributed by atoms with Gasteiger partial charge in [0.15, 0.2) is 11.0 Å². The van der Waals surface area contributed by atoms with Crippen molar-refractivity contribution in [1.82, 2.24) is 9.55 Å². The van der Waals surface area contributed by atoms with Crippen LogP contribution in [0.5, 0.6) is 0 Å². The number of carboxylic acids is 1. The summed E-state index contributed by atoms with van der Waals surface area (Å²) >= 11 is 1.09. The van der Waals surface area contributed by atoms with Gasteiger partial charge in [0.2, 0.25) is 0 Å². The zero-order valence-electron chi connectivity index (χ0n) is 11.9. The number of nitrogens with zero attached hydrogens (tertiary/aromatic N) is 2. The fourth-order valence-corrected chi connectivity index (χ4v) is 3.00. The number of fused-ring (bicyclic) bond motifs is 1. The molecule has 7 heteroatoms. The first-order chi connectivity index (χ1) is 10.1. The van der Waals surface area contributed by atoms with E-state index in [9.17, 15) is 9.18 Å². The normalized spacial score (nSPS) is 12.7. The summed E-state index contributed by atoms with van der Waals surface area (Å²) in [6.45, 7) is 2.46. The molecule has 0 fully saturated rings. The predicted octanol–water partition coefficient (Wildman–Crippen LogP) is 2.95. The van der Waals surface area contributed by atoms with E-state index >= 15 is 0 Å². The number of aromatic nitrogens is 2. The Hall–Kier alpha value is -1.60. The van der Waals surface area contributed by atoms with Crippen LogP contribution in [0.15, 0.2) is 23.4 Å². The van der Waals surface area contributed by atoms with E-state index in [2.05, 4.69) is 4.98 Å². The second kappa shape index (κ2) is 6.91. The molecule has 0 spiro atoms. The van der Waals surface area contributed by atoms with Gasteiger partial charge in [0.05, 0.1) is 23.9 Å². The van der Waals surface area contributed by atoms with Gasteiger partial charge < -0.3 is 14.4 Å². The molecular weight excluding hydrogens is 295 g/mol. The van der Waals surface area contributed by atoms with E-state index in [-0.39, 0.29) is 17.3 Å². The van der Waals surface area contributed by atoms with Crippen molar-refractivity contribution in [1.29, 1.82) is 0 Å². The Kier molecular flexibility index (Phi) is 5.19. The van der Waals surface area contributed by atoms with Crippen LogP contribution in [0.4, 0.5) is 4.39 Å². The number of rotatable bonds is 7. The minimum atomic E-state index is -0.932. The highest BCUT2D eigenvalue weighted by atomic mass is 32.2. The molecule has 2 rings (SSSR count). The van der Waals surface area contributed by atoms with Crippen LogP contribution in [0.2, 0.25) is 0 Å². The van der Waals surface area contributed by atoms with E-state index in [0.717, 1.165) is 18.2 Å². The molecule has 21 heavy (non-hydrogen) atoms. The second-order valence-electron chi connectivity index (χ2n) is 4.57. The van der Waals surface area contributed by atoms with Crippen LogP contribution in [0.1, 0.15) is 19.4 Å². The average Bonchev–Trinajstić information content (AvgIpc) is 2.82. The lowest BCUT2D eigenvalue weighted by Crippen LogP contribution is -2.15. The fraction of sp³-hybridized carbons (Fsp3) is 0.429. The Morgan fingerprint density at radius 3 is 2.95 bits per heavy atom. The molecule has 1 atom stereocenters. The summed E-state index contributed by atoms with van der Waals surface area (Å²) in [7, 11) is 1.60. The number of carboxylic acid groups (broad SMARTS) is 1. The third-order valence-electron chi connectivity index (χ3n) is 3.16. The fourth-order valence-electron chi connectivity index (χ4n) is 2.21. The maximum atomic E-state index is 13.9. The van der Waals surface area contributed by atoms with E-state index in [1.54, 1.807) is 19.2 Å². The van der Waals surface area contributed by atoms with Crippen molar-refractivity contribution in [2.24, 2.45) is 0 Å². The molecule has 1 aromatic carbocycles. The van der Waals surface area contributed by atoms with Crippen LogP contribution in [0.25, 0.3) is 11.0 Å². The third kappa shape index (κ3) is 3.36. The SMILES string of the molecule is CCC(COC)n1c(SCC(=O)O)nc2c(F)cccc21. The molecule has 114 valence electrons. The molecule has 5 nitrogen and oxygen atoms in total. The first kappa shape index (κ1) is 15.8. The summed E-state index contributed by atoms with van der Waals surface area (Å²) in [5.41, 5.74) is 0.923. The zero-order chi connectivity index (χ0) is 15.4. The van der Waals surface area contributed by atoms with Crippen molar-refractivity contribution in [3.8, 4) is 0 Å². The Morgan fingerprint density at radius 2 is 2.33 bits per heavy atom. The van der Waals surface area contributed by atoms with Gasteiger partial charge in [-0.15, -0.1) is 0 Å². The van der Waals surface area contributed by atoms with Crippen LogP contribution in [0.3, 0.4) is 0 Å². The Morgan fingerprint density at radius 1 is 1.57 bits per heavy atom. The molecule has 0 aliphatic heterocycles. The van der Waals surface area contributed by atoms with Gasteiger partial charge in [-0.3, -0.25) is 4.79 Å². The maximum absolute atomic E-state index is 13.9. The molecule has 0 saturated heterocycles. The van der Waals surface area contributed by atoms with Crippen molar-refractivity contribution >= 4 is 28.8 Å². The van der Waals surface area contributed by atoms with Crippen molar-refractivity contribution in [3.05, 3.63) is 24.0 Å². The molecule has 1 unspecified atom stereocenters. The number of para-hydroxylation sites is 1. The highest BCUT2D eigenvalue weighted by Crippen LogP contribution is 2.30. The molecule has 1 aromatic heterocycles. The minimum Gasteiger partial charge on any atom is -0.481 e. The van der Waals surface area contributed by atoms with Gasteiger partial charge in [-0.1, -0.05) is 24.8 Å². The van der Waals surface area contributed by atoms with Crippen molar-refractivity contribution in [2.75, 3.05) is 19.5 Å². The van der Waals surface area contributed by atoms with Crippen molar-refractivity contribution < 1.29 is 19.0 Å². The molecule has 0 amide bonds. The Labute approximate surface area is 126 Å². The van der Waals surface area contributed by atoms with Crippen LogP contribution in [0, 0.1) is 5.82 Å². The zero-order valence-corrected chi connectivity index (χ0v) is 12.7. The number of imidazole rings is 1. The first-order valence-corrected chi connectivity index (χ1v) is 7.57. The molecule has 0 radical (unpaired) electrons. The average molecular weight is 312 g/mol. The number of aliphatic carboxylic acids is 1. The Bertz CT molecular complexity index is 644. The highest BCUT2D eigenvalue weighted by molar-refractivity contribution is 7.99. The van der Waals surface area contributed by atoms with Gasteiger partial charge in [-0.2, -0.15) is 0 Å². The van der Waals surface area contributed by atoms with Gasteiger partial charge >= 0.3 is 5.97 Å². The van der Waals surface area contributed by atoms with Crippen molar-refractivity contribution in [2.45, 2.75) is 24.5 Å². The summed E-state index contributed by atoms with van der Waals surface area (Å²) < 4.78 is 21.0. The monoisotopic (exact) mass is 312 g/mol. The first-order valence-electron chi connectivity index (χ1n) is 6.58. The number of thioether (sulfide) groups is 1. The van der Waals surface area contributed by atoms with E-state index in [4.69, 9.17) is 9.84 Å². The molecule has 0 saturated carbocycles. The van der Waals surface area contributed by atoms with Crippen molar-refractivity contribution in [3.63, 3.8) is 0 Å². The van der Waals surface area contributed by atoms with E-state index in [1.165, 1.54) is 6.07 Å². The van der Waals surface area contributed by atoms with Crippen LogP contribution < -0.4 is 0 Å². The summed E-state index contributed by atoms with van der Waals surface area (Å²) in [6, 6.07) is 4.75.